The molecule has 0 aromatic carbocycles. The van der Waals surface area contributed by atoms with E-state index >= 15 is 0 Å². The summed E-state index contributed by atoms with van der Waals surface area (Å²) in [5.74, 6) is -1.59. The molecule has 0 radical (unpaired) electrons. The Balaban J connectivity index is 2.23. The van der Waals surface area contributed by atoms with Crippen LogP contribution in [0.1, 0.15) is 20.8 Å². The van der Waals surface area contributed by atoms with Gasteiger partial charge in [-0.1, -0.05) is 0 Å². The molecule has 138 valence electrons. The lowest BCUT2D eigenvalue weighted by molar-refractivity contribution is -0.240. The number of aliphatic hydroxyl groups excluding tert-OH is 1. The van der Waals surface area contributed by atoms with Crippen LogP contribution < -0.4 is 0 Å². The molecule has 9 heteroatoms. The number of carbonyl (C=O) groups excluding carboxylic acids is 2. The Morgan fingerprint density at radius 3 is 2.54 bits per heavy atom. The second kappa shape index (κ2) is 7.32. The number of nitrogens with zero attached hydrogens (tertiary/aromatic N) is 1. The van der Waals surface area contributed by atoms with E-state index in [1.54, 1.807) is 20.8 Å². The van der Waals surface area contributed by atoms with Crippen molar-refractivity contribution in [3.63, 3.8) is 0 Å². The molecule has 2 aliphatic heterocycles. The van der Waals surface area contributed by atoms with Crippen LogP contribution in [0.3, 0.4) is 0 Å². The summed E-state index contributed by atoms with van der Waals surface area (Å²) in [6.45, 7) is 5.24. The molecule has 2 saturated heterocycles. The molecule has 24 heavy (non-hydrogen) atoms. The van der Waals surface area contributed by atoms with Gasteiger partial charge in [-0.05, 0) is 20.8 Å². The molecule has 1 N–H and O–H groups in total. The van der Waals surface area contributed by atoms with Gasteiger partial charge in [-0.15, -0.1) is 0 Å². The van der Waals surface area contributed by atoms with Gasteiger partial charge in [0.2, 0.25) is 6.41 Å². The van der Waals surface area contributed by atoms with Gasteiger partial charge in [0.25, 0.3) is 0 Å². The van der Waals surface area contributed by atoms with E-state index in [9.17, 15) is 14.7 Å². The molecule has 2 aliphatic rings. The first-order valence-corrected chi connectivity index (χ1v) is 7.81. The fourth-order valence-corrected chi connectivity index (χ4v) is 3.08. The summed E-state index contributed by atoms with van der Waals surface area (Å²) in [5, 5.41) is 10.7. The van der Waals surface area contributed by atoms with E-state index in [1.807, 2.05) is 0 Å². The molecule has 1 amide bonds. The van der Waals surface area contributed by atoms with Crippen LogP contribution in [0.25, 0.3) is 0 Å². The third kappa shape index (κ3) is 3.55. The SMILES string of the molecule is CCOC(=O)[C@@H]([C@@H](O)[C@H]1O[C@@H](OC)[C@@H]2OC(C)(C)O[C@H]12)N(C)C=O. The highest BCUT2D eigenvalue weighted by atomic mass is 16.8. The van der Waals surface area contributed by atoms with Crippen molar-refractivity contribution in [3.8, 4) is 0 Å². The normalized spacial score (nSPS) is 33.6. The largest absolute Gasteiger partial charge is 0.464 e. The molecule has 0 saturated carbocycles. The molecule has 9 nitrogen and oxygen atoms in total. The maximum absolute atomic E-state index is 12.2. The van der Waals surface area contributed by atoms with Crippen molar-refractivity contribution in [2.75, 3.05) is 20.8 Å². The molecule has 0 aromatic rings. The quantitative estimate of drug-likeness (QED) is 0.474. The minimum Gasteiger partial charge on any atom is -0.464 e. The van der Waals surface area contributed by atoms with E-state index in [2.05, 4.69) is 0 Å². The summed E-state index contributed by atoms with van der Waals surface area (Å²) in [5.41, 5.74) is 0. The molecule has 2 rings (SSSR count). The maximum atomic E-state index is 12.2. The second-order valence-corrected chi connectivity index (χ2v) is 6.23. The summed E-state index contributed by atoms with van der Waals surface area (Å²) in [4.78, 5) is 24.3. The Kier molecular flexibility index (Phi) is 5.82. The van der Waals surface area contributed by atoms with Crippen molar-refractivity contribution in [3.05, 3.63) is 0 Å². The topological polar surface area (TPSA) is 104 Å². The van der Waals surface area contributed by atoms with Crippen LogP contribution in [0.5, 0.6) is 0 Å². The Bertz CT molecular complexity index is 470. The fourth-order valence-electron chi connectivity index (χ4n) is 3.08. The lowest BCUT2D eigenvalue weighted by atomic mass is 9.99. The lowest BCUT2D eigenvalue weighted by Gasteiger charge is -2.32. The van der Waals surface area contributed by atoms with Crippen molar-refractivity contribution in [2.24, 2.45) is 0 Å². The Morgan fingerprint density at radius 2 is 2.00 bits per heavy atom. The predicted molar refractivity (Wildman–Crippen MR) is 79.7 cm³/mol. The van der Waals surface area contributed by atoms with E-state index in [-0.39, 0.29) is 6.61 Å². The summed E-state index contributed by atoms with van der Waals surface area (Å²) in [7, 11) is 2.83. The van der Waals surface area contributed by atoms with Crippen molar-refractivity contribution < 1.29 is 38.4 Å². The number of hydrogen-bond acceptors (Lipinski definition) is 8. The fraction of sp³-hybridized carbons (Fsp3) is 0.867. The van der Waals surface area contributed by atoms with E-state index in [1.165, 1.54) is 14.2 Å². The summed E-state index contributed by atoms with van der Waals surface area (Å²) < 4.78 is 27.4. The zero-order chi connectivity index (χ0) is 18.1. The van der Waals surface area contributed by atoms with Gasteiger partial charge in [0.05, 0.1) is 6.61 Å². The van der Waals surface area contributed by atoms with Crippen molar-refractivity contribution in [2.45, 2.75) is 63.3 Å². The molecular formula is C15H25NO8. The monoisotopic (exact) mass is 347 g/mol. The van der Waals surface area contributed by atoms with E-state index in [4.69, 9.17) is 23.7 Å². The molecule has 0 spiro atoms. The third-order valence-corrected chi connectivity index (χ3v) is 4.07. The number of carbonyl (C=O) groups is 2. The van der Waals surface area contributed by atoms with Crippen molar-refractivity contribution in [1.82, 2.24) is 4.90 Å². The van der Waals surface area contributed by atoms with Crippen molar-refractivity contribution >= 4 is 12.4 Å². The maximum Gasteiger partial charge on any atom is 0.331 e. The van der Waals surface area contributed by atoms with E-state index < -0.39 is 48.5 Å². The van der Waals surface area contributed by atoms with Crippen LogP contribution in [0.15, 0.2) is 0 Å². The number of esters is 1. The summed E-state index contributed by atoms with van der Waals surface area (Å²) >= 11 is 0. The minimum absolute atomic E-state index is 0.125. The van der Waals surface area contributed by atoms with Crippen LogP contribution in [0.4, 0.5) is 0 Å². The van der Waals surface area contributed by atoms with Crippen LogP contribution in [0, 0.1) is 0 Å². The number of rotatable bonds is 7. The van der Waals surface area contributed by atoms with E-state index in [0.717, 1.165) is 4.90 Å². The van der Waals surface area contributed by atoms with Gasteiger partial charge in [0.15, 0.2) is 18.1 Å². The molecule has 0 unspecified atom stereocenters. The van der Waals surface area contributed by atoms with Gasteiger partial charge in [0, 0.05) is 14.2 Å². The highest BCUT2D eigenvalue weighted by Crippen LogP contribution is 2.40. The molecule has 0 aromatic heterocycles. The van der Waals surface area contributed by atoms with Gasteiger partial charge in [-0.25, -0.2) is 4.79 Å². The number of methoxy groups -OCH3 is 1. The molecule has 6 atom stereocenters. The summed E-state index contributed by atoms with van der Waals surface area (Å²) in [6, 6.07) is -1.23. The van der Waals surface area contributed by atoms with Gasteiger partial charge in [-0.3, -0.25) is 4.79 Å². The van der Waals surface area contributed by atoms with Gasteiger partial charge < -0.3 is 33.7 Å². The standard InChI is InChI=1S/C15H25NO8/c1-6-21-13(19)8(16(4)7-17)9(18)10-11-12(14(20-5)22-10)24-15(2,3)23-11/h7-12,14,18H,6H2,1-5H3/t8-,9-,10-,11-,12-,14-/m1/s1. The zero-order valence-electron chi connectivity index (χ0n) is 14.5. The molecule has 2 heterocycles. The second-order valence-electron chi connectivity index (χ2n) is 6.23. The van der Waals surface area contributed by atoms with Gasteiger partial charge >= 0.3 is 5.97 Å². The first-order valence-electron chi connectivity index (χ1n) is 7.81. The number of amides is 1. The third-order valence-electron chi connectivity index (χ3n) is 4.07. The number of likely N-dealkylation sites (N-methyl/N-ethyl adjacent to an activating group) is 1. The highest BCUT2D eigenvalue weighted by molar-refractivity contribution is 5.79. The first kappa shape index (κ1) is 19.1. The highest BCUT2D eigenvalue weighted by Gasteiger charge is 2.59. The number of ether oxygens (including phenoxy) is 5. The van der Waals surface area contributed by atoms with E-state index in [0.29, 0.717) is 6.41 Å². The zero-order valence-corrected chi connectivity index (χ0v) is 14.5. The van der Waals surface area contributed by atoms with Crippen LogP contribution in [-0.2, 0) is 33.3 Å². The molecule has 0 bridgehead atoms. The van der Waals surface area contributed by atoms with Gasteiger partial charge in [0.1, 0.15) is 24.4 Å². The number of aliphatic hydroxyl groups is 1. The average Bonchev–Trinajstić information content (AvgIpc) is 3.00. The lowest BCUT2D eigenvalue weighted by Crippen LogP contribution is -2.55. The Labute approximate surface area is 140 Å². The molecular weight excluding hydrogens is 322 g/mol. The number of fused-ring (bicyclic) bond motifs is 1. The van der Waals surface area contributed by atoms with Crippen LogP contribution in [0.2, 0.25) is 0 Å². The van der Waals surface area contributed by atoms with Gasteiger partial charge in [-0.2, -0.15) is 0 Å². The predicted octanol–water partition coefficient (Wildman–Crippen LogP) is -0.741. The first-order chi connectivity index (χ1) is 11.3. The van der Waals surface area contributed by atoms with Crippen LogP contribution >= 0.6 is 0 Å². The molecule has 2 fully saturated rings. The minimum atomic E-state index is -1.37. The summed E-state index contributed by atoms with van der Waals surface area (Å²) in [6.07, 6.45) is -3.78. The number of hydrogen-bond donors (Lipinski definition) is 1. The van der Waals surface area contributed by atoms with Crippen molar-refractivity contribution in [1.29, 1.82) is 0 Å². The Morgan fingerprint density at radius 1 is 1.38 bits per heavy atom. The smallest absolute Gasteiger partial charge is 0.331 e. The Hall–Kier alpha value is -1.26. The average molecular weight is 347 g/mol. The van der Waals surface area contributed by atoms with Crippen LogP contribution in [-0.4, -0.2) is 85.7 Å². The molecule has 0 aliphatic carbocycles.